The number of hydrogen-bond acceptors (Lipinski definition) is 3. The number of piperazine rings is 1. The second kappa shape index (κ2) is 7.16. The van der Waals surface area contributed by atoms with Gasteiger partial charge in [0.25, 0.3) is 5.91 Å². The topological polar surface area (TPSA) is 49.6 Å². The summed E-state index contributed by atoms with van der Waals surface area (Å²) in [5.41, 5.74) is 7.07. The zero-order valence-electron chi connectivity index (χ0n) is 11.3. The summed E-state index contributed by atoms with van der Waals surface area (Å²) in [6.45, 7) is 3.70. The molecule has 1 heterocycles. The predicted octanol–water partition coefficient (Wildman–Crippen LogP) is 2.03. The lowest BCUT2D eigenvalue weighted by atomic mass is 10.1. The van der Waals surface area contributed by atoms with Crippen LogP contribution in [0.15, 0.2) is 24.3 Å². The third-order valence-electron chi connectivity index (χ3n) is 3.80. The van der Waals surface area contributed by atoms with E-state index in [1.54, 1.807) is 6.07 Å². The van der Waals surface area contributed by atoms with Crippen LogP contribution in [0.4, 0.5) is 5.69 Å². The molecule has 6 heteroatoms. The Morgan fingerprint density at radius 2 is 1.75 bits per heavy atom. The molecule has 0 aromatic heterocycles. The number of nitrogen functional groups attached to an aromatic ring is 1. The highest BCUT2D eigenvalue weighted by Gasteiger charge is 2.32. The molecule has 0 spiro atoms. The van der Waals surface area contributed by atoms with E-state index in [0.29, 0.717) is 11.3 Å². The Morgan fingerprint density at radius 1 is 1.10 bits per heavy atom. The molecule has 1 saturated heterocycles. The van der Waals surface area contributed by atoms with Crippen LogP contribution in [0.5, 0.6) is 0 Å². The lowest BCUT2D eigenvalue weighted by Crippen LogP contribution is -2.49. The number of anilines is 1. The van der Waals surface area contributed by atoms with Gasteiger partial charge in [0.2, 0.25) is 0 Å². The van der Waals surface area contributed by atoms with Crippen molar-refractivity contribution < 1.29 is 4.79 Å². The van der Waals surface area contributed by atoms with Crippen molar-refractivity contribution in [3.63, 3.8) is 0 Å². The number of amides is 1. The van der Waals surface area contributed by atoms with Crippen LogP contribution < -0.4 is 5.73 Å². The van der Waals surface area contributed by atoms with Crippen LogP contribution >= 0.6 is 24.8 Å². The molecule has 1 amide bonds. The molecule has 3 rings (SSSR count). The zero-order valence-corrected chi connectivity index (χ0v) is 13.0. The standard InChI is InChI=1S/C14H19N3O.2ClH/c15-12-3-1-2-11(10-12)14(18)17-8-6-16(7-9-17)13-4-5-13;;/h1-3,10,13H,4-9,15H2;2*1H. The summed E-state index contributed by atoms with van der Waals surface area (Å²) < 4.78 is 0. The highest BCUT2D eigenvalue weighted by molar-refractivity contribution is 5.95. The number of carbonyl (C=O) groups is 1. The van der Waals surface area contributed by atoms with E-state index in [-0.39, 0.29) is 30.7 Å². The summed E-state index contributed by atoms with van der Waals surface area (Å²) in [4.78, 5) is 16.7. The zero-order chi connectivity index (χ0) is 12.5. The molecule has 2 aliphatic rings. The van der Waals surface area contributed by atoms with Crippen LogP contribution in [0, 0.1) is 0 Å². The highest BCUT2D eigenvalue weighted by Crippen LogP contribution is 2.27. The average Bonchev–Trinajstić information content (AvgIpc) is 3.22. The van der Waals surface area contributed by atoms with Gasteiger partial charge < -0.3 is 10.6 Å². The van der Waals surface area contributed by atoms with Crippen LogP contribution in [-0.4, -0.2) is 47.9 Å². The molecule has 2 N–H and O–H groups in total. The minimum Gasteiger partial charge on any atom is -0.399 e. The van der Waals surface area contributed by atoms with Crippen molar-refractivity contribution in [3.05, 3.63) is 29.8 Å². The summed E-state index contributed by atoms with van der Waals surface area (Å²) in [5.74, 6) is 0.109. The molecule has 0 atom stereocenters. The van der Waals surface area contributed by atoms with Crippen LogP contribution in [0.25, 0.3) is 0 Å². The van der Waals surface area contributed by atoms with Gasteiger partial charge in [-0.15, -0.1) is 24.8 Å². The van der Waals surface area contributed by atoms with Gasteiger partial charge in [-0.05, 0) is 31.0 Å². The Bertz CT molecular complexity index is 457. The second-order valence-corrected chi connectivity index (χ2v) is 5.18. The summed E-state index contributed by atoms with van der Waals surface area (Å²) in [6, 6.07) is 8.04. The minimum atomic E-state index is 0. The summed E-state index contributed by atoms with van der Waals surface area (Å²) in [7, 11) is 0. The van der Waals surface area contributed by atoms with Crippen LogP contribution in [0.1, 0.15) is 23.2 Å². The first kappa shape index (κ1) is 17.1. The van der Waals surface area contributed by atoms with Crippen LogP contribution in [0.2, 0.25) is 0 Å². The summed E-state index contributed by atoms with van der Waals surface area (Å²) >= 11 is 0. The van der Waals surface area contributed by atoms with E-state index in [9.17, 15) is 4.79 Å². The van der Waals surface area contributed by atoms with Crippen LogP contribution in [-0.2, 0) is 0 Å². The molecule has 1 aliphatic carbocycles. The molecule has 4 nitrogen and oxygen atoms in total. The Labute approximate surface area is 132 Å². The summed E-state index contributed by atoms with van der Waals surface area (Å²) in [5, 5.41) is 0. The number of benzene rings is 1. The fraction of sp³-hybridized carbons (Fsp3) is 0.500. The lowest BCUT2D eigenvalue weighted by Gasteiger charge is -2.34. The smallest absolute Gasteiger partial charge is 0.254 e. The van der Waals surface area contributed by atoms with Gasteiger partial charge in [0.15, 0.2) is 0 Å². The average molecular weight is 318 g/mol. The van der Waals surface area contributed by atoms with Gasteiger partial charge in [-0.1, -0.05) is 6.07 Å². The highest BCUT2D eigenvalue weighted by atomic mass is 35.5. The minimum absolute atomic E-state index is 0. The monoisotopic (exact) mass is 317 g/mol. The largest absolute Gasteiger partial charge is 0.399 e. The molecule has 2 fully saturated rings. The van der Waals surface area contributed by atoms with Crippen molar-refractivity contribution in [2.24, 2.45) is 0 Å². The number of halogens is 2. The molecule has 20 heavy (non-hydrogen) atoms. The van der Waals surface area contributed by atoms with Crippen LogP contribution in [0.3, 0.4) is 0 Å². The molecule has 112 valence electrons. The maximum absolute atomic E-state index is 12.3. The van der Waals surface area contributed by atoms with Crippen molar-refractivity contribution in [1.29, 1.82) is 0 Å². The molecule has 0 radical (unpaired) electrons. The van der Waals surface area contributed by atoms with Gasteiger partial charge >= 0.3 is 0 Å². The second-order valence-electron chi connectivity index (χ2n) is 5.18. The number of hydrogen-bond donors (Lipinski definition) is 1. The van der Waals surface area contributed by atoms with Gasteiger partial charge in [0.05, 0.1) is 0 Å². The van der Waals surface area contributed by atoms with Crippen molar-refractivity contribution >= 4 is 36.4 Å². The van der Waals surface area contributed by atoms with E-state index in [4.69, 9.17) is 5.73 Å². The summed E-state index contributed by atoms with van der Waals surface area (Å²) in [6.07, 6.45) is 2.67. The lowest BCUT2D eigenvalue weighted by molar-refractivity contribution is 0.0627. The fourth-order valence-electron chi connectivity index (χ4n) is 2.58. The Morgan fingerprint density at radius 3 is 2.30 bits per heavy atom. The predicted molar refractivity (Wildman–Crippen MR) is 85.8 cm³/mol. The van der Waals surface area contributed by atoms with Crippen molar-refractivity contribution in [2.75, 3.05) is 31.9 Å². The van der Waals surface area contributed by atoms with E-state index in [2.05, 4.69) is 4.90 Å². The van der Waals surface area contributed by atoms with Gasteiger partial charge in [-0.3, -0.25) is 9.69 Å². The van der Waals surface area contributed by atoms with Crippen molar-refractivity contribution in [2.45, 2.75) is 18.9 Å². The Kier molecular flexibility index (Phi) is 6.11. The van der Waals surface area contributed by atoms with E-state index < -0.39 is 0 Å². The van der Waals surface area contributed by atoms with Crippen molar-refractivity contribution in [1.82, 2.24) is 9.80 Å². The maximum atomic E-state index is 12.3. The fourth-order valence-corrected chi connectivity index (χ4v) is 2.58. The number of nitrogens with zero attached hydrogens (tertiary/aromatic N) is 2. The first-order valence-corrected chi connectivity index (χ1v) is 6.63. The van der Waals surface area contributed by atoms with E-state index in [0.717, 1.165) is 32.2 Å². The molecular weight excluding hydrogens is 297 g/mol. The molecule has 1 saturated carbocycles. The molecule has 1 aliphatic heterocycles. The number of nitrogens with two attached hydrogens (primary N) is 1. The van der Waals surface area contributed by atoms with E-state index >= 15 is 0 Å². The molecule has 1 aromatic carbocycles. The van der Waals surface area contributed by atoms with E-state index in [1.807, 2.05) is 23.1 Å². The Balaban J connectivity index is 0.000001000. The third-order valence-corrected chi connectivity index (χ3v) is 3.80. The van der Waals surface area contributed by atoms with Crippen molar-refractivity contribution in [3.8, 4) is 0 Å². The normalized spacial score (nSPS) is 18.9. The van der Waals surface area contributed by atoms with E-state index in [1.165, 1.54) is 12.8 Å². The number of rotatable bonds is 2. The molecular formula is C14H21Cl2N3O. The Hall–Kier alpha value is -0.970. The third kappa shape index (κ3) is 3.78. The molecule has 0 bridgehead atoms. The number of carbonyl (C=O) groups excluding carboxylic acids is 1. The maximum Gasteiger partial charge on any atom is 0.254 e. The first-order valence-electron chi connectivity index (χ1n) is 6.63. The molecule has 1 aromatic rings. The quantitative estimate of drug-likeness (QED) is 0.849. The van der Waals surface area contributed by atoms with Gasteiger partial charge in [0.1, 0.15) is 0 Å². The van der Waals surface area contributed by atoms with Gasteiger partial charge in [0, 0.05) is 43.5 Å². The SMILES string of the molecule is Cl.Cl.Nc1cccc(C(=O)N2CCN(C3CC3)CC2)c1. The first-order chi connectivity index (χ1) is 8.74. The van der Waals surface area contributed by atoms with Gasteiger partial charge in [-0.2, -0.15) is 0 Å². The molecule has 0 unspecified atom stereocenters. The van der Waals surface area contributed by atoms with Gasteiger partial charge in [-0.25, -0.2) is 0 Å².